The van der Waals surface area contributed by atoms with Crippen LogP contribution in [0.1, 0.15) is 43.7 Å². The number of amides is 2. The van der Waals surface area contributed by atoms with E-state index in [9.17, 15) is 14.4 Å². The maximum Gasteiger partial charge on any atom is 0.407 e. The van der Waals surface area contributed by atoms with E-state index < -0.39 is 29.6 Å². The Morgan fingerprint density at radius 2 is 1.68 bits per heavy atom. The molecule has 2 unspecified atom stereocenters. The van der Waals surface area contributed by atoms with E-state index in [1.807, 2.05) is 24.3 Å². The number of benzene rings is 2. The van der Waals surface area contributed by atoms with Crippen LogP contribution in [0.2, 0.25) is 0 Å². The van der Waals surface area contributed by atoms with Crippen LogP contribution < -0.4 is 10.6 Å². The fraction of sp³-hybridized carbons (Fsp3) is 0.423. The number of nitrogens with one attached hydrogen (secondary N) is 2. The van der Waals surface area contributed by atoms with Gasteiger partial charge in [0.05, 0.1) is 12.5 Å². The number of ether oxygens (including phenoxy) is 2. The maximum atomic E-state index is 12.6. The molecule has 0 aromatic heterocycles. The van der Waals surface area contributed by atoms with Crippen molar-refractivity contribution in [1.29, 1.82) is 0 Å². The number of rotatable bonds is 8. The van der Waals surface area contributed by atoms with E-state index in [-0.39, 0.29) is 31.4 Å². The summed E-state index contributed by atoms with van der Waals surface area (Å²) in [4.78, 5) is 36.2. The molecule has 0 spiro atoms. The number of carbonyl (C=O) groups excluding carboxylic acids is 2. The van der Waals surface area contributed by atoms with Gasteiger partial charge < -0.3 is 25.2 Å². The lowest BCUT2D eigenvalue weighted by atomic mass is 9.89. The smallest absolute Gasteiger partial charge is 0.407 e. The van der Waals surface area contributed by atoms with Gasteiger partial charge in [0.25, 0.3) is 5.91 Å². The van der Waals surface area contributed by atoms with E-state index in [4.69, 9.17) is 14.6 Å². The standard InChI is InChI=1S/C26H30N2O6/c1-26(2,13-22(29)30)15-27-24(31)23-21(11-12-33-23)28-25(32)34-14-20-18-9-5-3-7-16(18)17-8-4-6-10-19(17)20/h3-10,20-21,23H,11-15H2,1-2H3,(H,27,31)(H,28,32)(H,29,30). The van der Waals surface area contributed by atoms with Crippen LogP contribution in [-0.4, -0.2) is 55.0 Å². The first kappa shape index (κ1) is 23.8. The molecule has 2 amide bonds. The predicted molar refractivity (Wildman–Crippen MR) is 125 cm³/mol. The number of fused-ring (bicyclic) bond motifs is 3. The molecular weight excluding hydrogens is 436 g/mol. The zero-order chi connectivity index (χ0) is 24.3. The fourth-order valence-electron chi connectivity index (χ4n) is 4.69. The van der Waals surface area contributed by atoms with Crippen LogP contribution in [0.5, 0.6) is 0 Å². The molecule has 2 aliphatic rings. The van der Waals surface area contributed by atoms with Gasteiger partial charge in [-0.05, 0) is 34.1 Å². The summed E-state index contributed by atoms with van der Waals surface area (Å²) in [6.45, 7) is 4.25. The average molecular weight is 467 g/mol. The van der Waals surface area contributed by atoms with Crippen molar-refractivity contribution in [2.75, 3.05) is 19.8 Å². The third kappa shape index (κ3) is 5.22. The van der Waals surface area contributed by atoms with Crippen molar-refractivity contribution >= 4 is 18.0 Å². The number of aliphatic carboxylic acids is 1. The van der Waals surface area contributed by atoms with Crippen molar-refractivity contribution in [1.82, 2.24) is 10.6 Å². The molecule has 1 fully saturated rings. The van der Waals surface area contributed by atoms with Crippen LogP contribution in [0.4, 0.5) is 4.79 Å². The van der Waals surface area contributed by atoms with Crippen LogP contribution in [0.3, 0.4) is 0 Å². The third-order valence-electron chi connectivity index (χ3n) is 6.37. The second-order valence-corrected chi connectivity index (χ2v) is 9.61. The van der Waals surface area contributed by atoms with Gasteiger partial charge in [-0.2, -0.15) is 0 Å². The van der Waals surface area contributed by atoms with Crippen LogP contribution in [0.15, 0.2) is 48.5 Å². The van der Waals surface area contributed by atoms with Gasteiger partial charge in [-0.1, -0.05) is 62.4 Å². The molecule has 2 aromatic carbocycles. The first-order valence-corrected chi connectivity index (χ1v) is 11.5. The molecule has 3 N–H and O–H groups in total. The summed E-state index contributed by atoms with van der Waals surface area (Å²) in [6.07, 6.45) is -1.02. The Hall–Kier alpha value is -3.39. The van der Waals surface area contributed by atoms with Crippen LogP contribution in [0, 0.1) is 5.41 Å². The molecule has 180 valence electrons. The van der Waals surface area contributed by atoms with E-state index >= 15 is 0 Å². The Morgan fingerprint density at radius 3 is 2.29 bits per heavy atom. The second kappa shape index (κ2) is 9.85. The topological polar surface area (TPSA) is 114 Å². The highest BCUT2D eigenvalue weighted by Gasteiger charge is 2.37. The van der Waals surface area contributed by atoms with Crippen molar-refractivity contribution in [3.8, 4) is 11.1 Å². The zero-order valence-corrected chi connectivity index (χ0v) is 19.4. The zero-order valence-electron chi connectivity index (χ0n) is 19.4. The summed E-state index contributed by atoms with van der Waals surface area (Å²) in [5.41, 5.74) is 3.96. The molecule has 1 saturated heterocycles. The second-order valence-electron chi connectivity index (χ2n) is 9.61. The summed E-state index contributed by atoms with van der Waals surface area (Å²) in [6, 6.07) is 15.7. The minimum absolute atomic E-state index is 0.0476. The number of carbonyl (C=O) groups is 3. The predicted octanol–water partition coefficient (Wildman–Crippen LogP) is 3.30. The van der Waals surface area contributed by atoms with Crippen LogP contribution in [-0.2, 0) is 19.1 Å². The molecule has 0 bridgehead atoms. The van der Waals surface area contributed by atoms with E-state index in [1.165, 1.54) is 0 Å². The van der Waals surface area contributed by atoms with Gasteiger partial charge in [0, 0.05) is 19.1 Å². The fourth-order valence-corrected chi connectivity index (χ4v) is 4.69. The molecular formula is C26H30N2O6. The van der Waals surface area contributed by atoms with Gasteiger partial charge in [0.15, 0.2) is 6.10 Å². The number of alkyl carbamates (subject to hydrolysis) is 1. The molecule has 4 rings (SSSR count). The van der Waals surface area contributed by atoms with Crippen LogP contribution in [0.25, 0.3) is 11.1 Å². The molecule has 34 heavy (non-hydrogen) atoms. The number of hydrogen-bond donors (Lipinski definition) is 3. The molecule has 2 atom stereocenters. The van der Waals surface area contributed by atoms with E-state index in [1.54, 1.807) is 13.8 Å². The Kier molecular flexibility index (Phi) is 6.88. The molecule has 1 aliphatic carbocycles. The van der Waals surface area contributed by atoms with Gasteiger partial charge >= 0.3 is 12.1 Å². The molecule has 2 aromatic rings. The Labute approximate surface area is 198 Å². The monoisotopic (exact) mass is 466 g/mol. The molecule has 8 nitrogen and oxygen atoms in total. The SMILES string of the molecule is CC(C)(CNC(=O)C1OCCC1NC(=O)OCC1c2ccccc2-c2ccccc21)CC(=O)O. The molecule has 1 heterocycles. The van der Waals surface area contributed by atoms with Gasteiger partial charge in [-0.15, -0.1) is 0 Å². The highest BCUT2D eigenvalue weighted by atomic mass is 16.6. The summed E-state index contributed by atoms with van der Waals surface area (Å²) in [5.74, 6) is -1.35. The lowest BCUT2D eigenvalue weighted by Gasteiger charge is -2.25. The minimum Gasteiger partial charge on any atom is -0.481 e. The lowest BCUT2D eigenvalue weighted by Crippen LogP contribution is -2.50. The highest BCUT2D eigenvalue weighted by molar-refractivity contribution is 5.83. The quantitative estimate of drug-likeness (QED) is 0.550. The molecule has 8 heteroatoms. The molecule has 0 saturated carbocycles. The van der Waals surface area contributed by atoms with Gasteiger partial charge in [-0.25, -0.2) is 4.79 Å². The molecule has 0 radical (unpaired) electrons. The van der Waals surface area contributed by atoms with Gasteiger partial charge in [-0.3, -0.25) is 9.59 Å². The summed E-state index contributed by atoms with van der Waals surface area (Å²) >= 11 is 0. The van der Waals surface area contributed by atoms with Crippen molar-refractivity contribution in [3.05, 3.63) is 59.7 Å². The first-order chi connectivity index (χ1) is 16.2. The van der Waals surface area contributed by atoms with E-state index in [0.717, 1.165) is 22.3 Å². The maximum absolute atomic E-state index is 12.6. The van der Waals surface area contributed by atoms with Crippen molar-refractivity contribution in [2.24, 2.45) is 5.41 Å². The van der Waals surface area contributed by atoms with Gasteiger partial charge in [0.1, 0.15) is 6.61 Å². The minimum atomic E-state index is -0.925. The lowest BCUT2D eigenvalue weighted by molar-refractivity contribution is -0.140. The summed E-state index contributed by atoms with van der Waals surface area (Å²) in [7, 11) is 0. The van der Waals surface area contributed by atoms with E-state index in [0.29, 0.717) is 13.0 Å². The summed E-state index contributed by atoms with van der Waals surface area (Å²) < 4.78 is 11.1. The Morgan fingerprint density at radius 1 is 1.06 bits per heavy atom. The van der Waals surface area contributed by atoms with Gasteiger partial charge in [0.2, 0.25) is 0 Å². The van der Waals surface area contributed by atoms with Crippen molar-refractivity contribution < 1.29 is 29.0 Å². The van der Waals surface area contributed by atoms with Crippen molar-refractivity contribution in [3.63, 3.8) is 0 Å². The number of hydrogen-bond acceptors (Lipinski definition) is 5. The Balaban J connectivity index is 1.32. The van der Waals surface area contributed by atoms with Crippen molar-refractivity contribution in [2.45, 2.75) is 44.8 Å². The average Bonchev–Trinajstić information content (AvgIpc) is 3.38. The first-order valence-electron chi connectivity index (χ1n) is 11.5. The number of carboxylic acids is 1. The Bertz CT molecular complexity index is 1040. The normalized spacial score (nSPS) is 19.2. The molecule has 1 aliphatic heterocycles. The van der Waals surface area contributed by atoms with E-state index in [2.05, 4.69) is 34.9 Å². The third-order valence-corrected chi connectivity index (χ3v) is 6.37. The highest BCUT2D eigenvalue weighted by Crippen LogP contribution is 2.44. The van der Waals surface area contributed by atoms with Crippen LogP contribution >= 0.6 is 0 Å². The summed E-state index contributed by atoms with van der Waals surface area (Å²) in [5, 5.41) is 14.5. The number of carboxylic acid groups (broad SMARTS) is 1. The largest absolute Gasteiger partial charge is 0.481 e.